The van der Waals surface area contributed by atoms with E-state index < -0.39 is 0 Å². The summed E-state index contributed by atoms with van der Waals surface area (Å²) in [4.78, 5) is 11.7. The third kappa shape index (κ3) is 3.56. The Labute approximate surface area is 209 Å². The fraction of sp³-hybridized carbons (Fsp3) is 0.577. The standard InChI is InChI=1S/C26H31ClN6O2/c1-15-22(12-29-33(15)26-8-16(9-26)10-26)31-25-28-11-18-6-20(27)19(7-21(18)30-25)17-2-4-32(5-3-17)23-13-35-14-24(23)34/h6-7,11-12,16-17,23-24,34H,2-5,8-10,13-14H2,1H3,(H,28,30,31). The number of hydrogen-bond acceptors (Lipinski definition) is 7. The highest BCUT2D eigenvalue weighted by Gasteiger charge is 2.59. The van der Waals surface area contributed by atoms with Crippen molar-refractivity contribution in [1.82, 2.24) is 24.6 Å². The molecule has 2 bridgehead atoms. The van der Waals surface area contributed by atoms with E-state index in [-0.39, 0.29) is 17.7 Å². The lowest BCUT2D eigenvalue weighted by atomic mass is 9.50. The van der Waals surface area contributed by atoms with Gasteiger partial charge in [-0.3, -0.25) is 9.58 Å². The van der Waals surface area contributed by atoms with Crippen LogP contribution in [0, 0.1) is 12.8 Å². The van der Waals surface area contributed by atoms with Gasteiger partial charge in [-0.25, -0.2) is 9.97 Å². The van der Waals surface area contributed by atoms with Gasteiger partial charge >= 0.3 is 0 Å². The summed E-state index contributed by atoms with van der Waals surface area (Å²) in [7, 11) is 0. The van der Waals surface area contributed by atoms with Crippen molar-refractivity contribution in [2.45, 2.75) is 62.6 Å². The maximum atomic E-state index is 10.2. The highest BCUT2D eigenvalue weighted by molar-refractivity contribution is 6.32. The van der Waals surface area contributed by atoms with Crippen LogP contribution < -0.4 is 5.32 Å². The van der Waals surface area contributed by atoms with Crippen molar-refractivity contribution >= 4 is 34.1 Å². The van der Waals surface area contributed by atoms with Gasteiger partial charge in [0.25, 0.3) is 0 Å². The summed E-state index contributed by atoms with van der Waals surface area (Å²) in [6, 6.07) is 4.24. The zero-order chi connectivity index (χ0) is 23.7. The first-order valence-corrected chi connectivity index (χ1v) is 13.2. The van der Waals surface area contributed by atoms with Crippen molar-refractivity contribution in [3.05, 3.63) is 40.8 Å². The largest absolute Gasteiger partial charge is 0.389 e. The molecule has 2 unspecified atom stereocenters. The van der Waals surface area contributed by atoms with Crippen molar-refractivity contribution in [1.29, 1.82) is 0 Å². The molecule has 0 spiro atoms. The summed E-state index contributed by atoms with van der Waals surface area (Å²) in [5.41, 5.74) is 4.43. The van der Waals surface area contributed by atoms with Gasteiger partial charge < -0.3 is 15.2 Å². The lowest BCUT2D eigenvalue weighted by molar-refractivity contribution is -0.0990. The molecule has 0 amide bonds. The number of aliphatic hydroxyl groups excluding tert-OH is 1. The second kappa shape index (κ2) is 8.13. The molecule has 184 valence electrons. The molecule has 8 nitrogen and oxygen atoms in total. The van der Waals surface area contributed by atoms with Crippen LogP contribution in [-0.2, 0) is 10.3 Å². The Bertz CT molecular complexity index is 1270. The summed E-state index contributed by atoms with van der Waals surface area (Å²) >= 11 is 6.73. The Hall–Kier alpha value is -2.26. The van der Waals surface area contributed by atoms with Gasteiger partial charge in [-0.1, -0.05) is 11.6 Å². The van der Waals surface area contributed by atoms with E-state index in [1.807, 2.05) is 18.5 Å². The molecule has 1 aromatic carbocycles. The number of hydrogen-bond donors (Lipinski definition) is 2. The molecule has 5 aliphatic rings. The van der Waals surface area contributed by atoms with Crippen molar-refractivity contribution in [2.75, 3.05) is 31.6 Å². The lowest BCUT2D eigenvalue weighted by Crippen LogP contribution is -2.60. The van der Waals surface area contributed by atoms with Crippen molar-refractivity contribution in [3.63, 3.8) is 0 Å². The predicted molar refractivity (Wildman–Crippen MR) is 134 cm³/mol. The first-order chi connectivity index (χ1) is 17.0. The van der Waals surface area contributed by atoms with Gasteiger partial charge in [-0.05, 0) is 81.6 Å². The number of nitrogens with one attached hydrogen (secondary N) is 1. The van der Waals surface area contributed by atoms with E-state index >= 15 is 0 Å². The monoisotopic (exact) mass is 494 g/mol. The zero-order valence-corrected chi connectivity index (χ0v) is 20.7. The molecule has 2 N–H and O–H groups in total. The molecule has 5 fully saturated rings. The number of anilines is 2. The van der Waals surface area contributed by atoms with Gasteiger partial charge in [0, 0.05) is 16.6 Å². The van der Waals surface area contributed by atoms with E-state index in [1.165, 1.54) is 19.3 Å². The van der Waals surface area contributed by atoms with Gasteiger partial charge in [0.2, 0.25) is 5.95 Å². The molecular weight excluding hydrogens is 464 g/mol. The molecule has 4 heterocycles. The molecule has 35 heavy (non-hydrogen) atoms. The molecule has 2 aliphatic heterocycles. The Morgan fingerprint density at radius 2 is 1.94 bits per heavy atom. The maximum absolute atomic E-state index is 10.2. The number of benzene rings is 1. The summed E-state index contributed by atoms with van der Waals surface area (Å²) in [5.74, 6) is 1.87. The SMILES string of the molecule is Cc1c(Nc2ncc3cc(Cl)c(C4CCN(C5COCC5O)CC4)cc3n2)cnn1C12CC(C1)C2. The molecule has 2 aromatic heterocycles. The lowest BCUT2D eigenvalue weighted by Gasteiger charge is -2.61. The van der Waals surface area contributed by atoms with Crippen LogP contribution in [0.15, 0.2) is 24.5 Å². The molecule has 0 radical (unpaired) electrons. The minimum atomic E-state index is -0.381. The minimum Gasteiger partial charge on any atom is -0.389 e. The van der Waals surface area contributed by atoms with Gasteiger partial charge in [-0.15, -0.1) is 0 Å². The first-order valence-electron chi connectivity index (χ1n) is 12.8. The Balaban J connectivity index is 1.10. The fourth-order valence-corrected chi connectivity index (χ4v) is 7.01. The summed E-state index contributed by atoms with van der Waals surface area (Å²) < 4.78 is 7.66. The van der Waals surface area contributed by atoms with Crippen LogP contribution in [0.2, 0.25) is 5.02 Å². The third-order valence-electron chi connectivity index (χ3n) is 8.87. The van der Waals surface area contributed by atoms with E-state index in [0.29, 0.717) is 25.1 Å². The summed E-state index contributed by atoms with van der Waals surface area (Å²) in [6.45, 7) is 5.06. The van der Waals surface area contributed by atoms with Gasteiger partial charge in [-0.2, -0.15) is 5.10 Å². The number of piperidine rings is 1. The minimum absolute atomic E-state index is 0.117. The second-order valence-electron chi connectivity index (χ2n) is 11.0. The number of ether oxygens (including phenoxy) is 1. The fourth-order valence-electron chi connectivity index (χ4n) is 6.69. The molecular formula is C26H31ClN6O2. The summed E-state index contributed by atoms with van der Waals surface area (Å²) in [5, 5.41) is 20.0. The number of fused-ring (bicyclic) bond motifs is 1. The van der Waals surface area contributed by atoms with Crippen molar-refractivity contribution in [3.8, 4) is 0 Å². The number of halogens is 1. The van der Waals surface area contributed by atoms with E-state index in [4.69, 9.17) is 21.3 Å². The van der Waals surface area contributed by atoms with E-state index in [0.717, 1.165) is 64.7 Å². The quantitative estimate of drug-likeness (QED) is 0.554. The van der Waals surface area contributed by atoms with Gasteiger partial charge in [0.1, 0.15) is 0 Å². The van der Waals surface area contributed by atoms with Crippen molar-refractivity contribution in [2.24, 2.45) is 5.92 Å². The Morgan fingerprint density at radius 3 is 2.63 bits per heavy atom. The van der Waals surface area contributed by atoms with Crippen LogP contribution in [0.5, 0.6) is 0 Å². The average molecular weight is 495 g/mol. The van der Waals surface area contributed by atoms with E-state index in [2.05, 4.69) is 38.0 Å². The predicted octanol–water partition coefficient (Wildman–Crippen LogP) is 3.98. The number of aliphatic hydroxyl groups is 1. The van der Waals surface area contributed by atoms with Crippen LogP contribution in [0.25, 0.3) is 10.9 Å². The smallest absolute Gasteiger partial charge is 0.227 e. The van der Waals surface area contributed by atoms with E-state index in [1.54, 1.807) is 0 Å². The highest BCUT2D eigenvalue weighted by atomic mass is 35.5. The zero-order valence-electron chi connectivity index (χ0n) is 20.0. The van der Waals surface area contributed by atoms with Crippen molar-refractivity contribution < 1.29 is 9.84 Å². The van der Waals surface area contributed by atoms with Crippen LogP contribution in [0.3, 0.4) is 0 Å². The van der Waals surface area contributed by atoms with Crippen LogP contribution in [-0.4, -0.2) is 68.2 Å². The Kier molecular flexibility index (Phi) is 5.10. The first kappa shape index (κ1) is 22.0. The number of nitrogens with zero attached hydrogens (tertiary/aromatic N) is 5. The van der Waals surface area contributed by atoms with Gasteiger partial charge in [0.15, 0.2) is 0 Å². The average Bonchev–Trinajstić information content (AvgIpc) is 3.38. The maximum Gasteiger partial charge on any atom is 0.227 e. The van der Waals surface area contributed by atoms with E-state index in [9.17, 15) is 5.11 Å². The number of aromatic nitrogens is 4. The van der Waals surface area contributed by atoms with Gasteiger partial charge in [0.05, 0.1) is 54.0 Å². The molecule has 2 atom stereocenters. The number of rotatable bonds is 5. The molecule has 3 saturated carbocycles. The van der Waals surface area contributed by atoms with Crippen LogP contribution in [0.1, 0.15) is 49.3 Å². The number of likely N-dealkylation sites (tertiary alicyclic amines) is 1. The summed E-state index contributed by atoms with van der Waals surface area (Å²) in [6.07, 6.45) is 9.16. The molecule has 3 aliphatic carbocycles. The topological polar surface area (TPSA) is 88.3 Å². The van der Waals surface area contributed by atoms with Crippen LogP contribution in [0.4, 0.5) is 11.6 Å². The normalized spacial score (nSPS) is 30.9. The van der Waals surface area contributed by atoms with Crippen LogP contribution >= 0.6 is 11.6 Å². The molecule has 8 rings (SSSR count). The Morgan fingerprint density at radius 1 is 1.14 bits per heavy atom. The molecule has 2 saturated heterocycles. The second-order valence-corrected chi connectivity index (χ2v) is 11.4. The molecule has 3 aromatic rings. The third-order valence-corrected chi connectivity index (χ3v) is 9.20. The molecule has 9 heteroatoms. The highest BCUT2D eigenvalue weighted by Crippen LogP contribution is 2.62.